The zero-order chi connectivity index (χ0) is 14.0. The number of urea groups is 1. The van der Waals surface area contributed by atoms with Crippen LogP contribution in [-0.4, -0.2) is 53.2 Å². The molecule has 0 spiro atoms. The van der Waals surface area contributed by atoms with Gasteiger partial charge in [0.1, 0.15) is 5.84 Å². The molecule has 0 saturated carbocycles. The Balaban J connectivity index is 2.01. The van der Waals surface area contributed by atoms with Crippen LogP contribution in [0.15, 0.2) is 4.99 Å². The number of amides is 3. The van der Waals surface area contributed by atoms with Gasteiger partial charge in [0.05, 0.1) is 12.5 Å². The van der Waals surface area contributed by atoms with E-state index in [0.29, 0.717) is 12.5 Å². The molecule has 2 aliphatic heterocycles. The molecule has 2 rings (SSSR count). The summed E-state index contributed by atoms with van der Waals surface area (Å²) in [5.41, 5.74) is 5.80. The largest absolute Gasteiger partial charge is 0.385 e. The second-order valence-corrected chi connectivity index (χ2v) is 5.67. The van der Waals surface area contributed by atoms with E-state index in [-0.39, 0.29) is 30.2 Å². The fourth-order valence-corrected chi connectivity index (χ4v) is 2.62. The van der Waals surface area contributed by atoms with Crippen LogP contribution < -0.4 is 5.73 Å². The van der Waals surface area contributed by atoms with Gasteiger partial charge in [-0.3, -0.25) is 4.79 Å². The van der Waals surface area contributed by atoms with Crippen molar-refractivity contribution in [2.45, 2.75) is 39.2 Å². The zero-order valence-corrected chi connectivity index (χ0v) is 11.6. The smallest absolute Gasteiger partial charge is 0.345 e. The summed E-state index contributed by atoms with van der Waals surface area (Å²) in [6, 6.07) is -0.673. The van der Waals surface area contributed by atoms with Crippen LogP contribution >= 0.6 is 0 Å². The first-order chi connectivity index (χ1) is 8.99. The van der Waals surface area contributed by atoms with Crippen molar-refractivity contribution in [1.82, 2.24) is 9.80 Å². The van der Waals surface area contributed by atoms with Gasteiger partial charge in [-0.05, 0) is 18.8 Å². The lowest BCUT2D eigenvalue weighted by Gasteiger charge is -2.27. The molecular weight excluding hydrogens is 244 g/mol. The summed E-state index contributed by atoms with van der Waals surface area (Å²) in [5.74, 6) is 0.678. The molecule has 1 saturated heterocycles. The summed E-state index contributed by atoms with van der Waals surface area (Å²) in [6.45, 7) is 6.28. The maximum absolute atomic E-state index is 12.2. The van der Waals surface area contributed by atoms with Gasteiger partial charge in [0.25, 0.3) is 0 Å². The average Bonchev–Trinajstić information content (AvgIpc) is 2.92. The van der Waals surface area contributed by atoms with Crippen LogP contribution in [0.3, 0.4) is 0 Å². The number of nitrogens with two attached hydrogens (primary N) is 1. The van der Waals surface area contributed by atoms with E-state index in [1.807, 2.05) is 18.7 Å². The van der Waals surface area contributed by atoms with Crippen LogP contribution in [0.5, 0.6) is 0 Å². The molecule has 106 valence electrons. The Morgan fingerprint density at radius 3 is 2.63 bits per heavy atom. The maximum Gasteiger partial charge on any atom is 0.345 e. The van der Waals surface area contributed by atoms with Gasteiger partial charge in [-0.25, -0.2) is 4.79 Å². The van der Waals surface area contributed by atoms with Gasteiger partial charge in [-0.2, -0.15) is 4.99 Å². The minimum atomic E-state index is -0.358. The van der Waals surface area contributed by atoms with Crippen molar-refractivity contribution in [3.05, 3.63) is 0 Å². The molecule has 0 bridgehead atoms. The molecule has 0 radical (unpaired) electrons. The first-order valence-corrected chi connectivity index (χ1v) is 6.91. The van der Waals surface area contributed by atoms with Crippen LogP contribution in [0.25, 0.3) is 0 Å². The van der Waals surface area contributed by atoms with Crippen molar-refractivity contribution in [3.8, 4) is 0 Å². The van der Waals surface area contributed by atoms with Crippen LogP contribution in [-0.2, 0) is 4.79 Å². The van der Waals surface area contributed by atoms with Gasteiger partial charge >= 0.3 is 6.03 Å². The summed E-state index contributed by atoms with van der Waals surface area (Å²) >= 11 is 0. The lowest BCUT2D eigenvalue weighted by Crippen LogP contribution is -2.45. The maximum atomic E-state index is 12.2. The summed E-state index contributed by atoms with van der Waals surface area (Å²) in [6.07, 6.45) is 2.39. The minimum Gasteiger partial charge on any atom is -0.385 e. The van der Waals surface area contributed by atoms with E-state index in [9.17, 15) is 9.59 Å². The van der Waals surface area contributed by atoms with E-state index >= 15 is 0 Å². The van der Waals surface area contributed by atoms with Crippen LogP contribution in [0.1, 0.15) is 33.1 Å². The van der Waals surface area contributed by atoms with E-state index in [4.69, 9.17) is 5.73 Å². The normalized spacial score (nSPS) is 23.4. The molecule has 1 unspecified atom stereocenters. The number of aliphatic imine (C=N–C) groups is 1. The lowest BCUT2D eigenvalue weighted by molar-refractivity contribution is -0.130. The Bertz CT molecular complexity index is 399. The minimum absolute atomic E-state index is 0.0732. The van der Waals surface area contributed by atoms with Gasteiger partial charge < -0.3 is 15.5 Å². The highest BCUT2D eigenvalue weighted by Crippen LogP contribution is 2.19. The van der Waals surface area contributed by atoms with E-state index in [2.05, 4.69) is 4.99 Å². The third-order valence-corrected chi connectivity index (χ3v) is 3.58. The summed E-state index contributed by atoms with van der Waals surface area (Å²) < 4.78 is 0. The summed E-state index contributed by atoms with van der Waals surface area (Å²) in [5, 5.41) is 0. The SMILES string of the molecule is CC(C)CN1C(=O)N=C(N)C1CC(=O)N1CCCC1. The molecule has 2 aliphatic rings. The van der Waals surface area contributed by atoms with E-state index in [0.717, 1.165) is 25.9 Å². The van der Waals surface area contributed by atoms with Crippen LogP contribution in [0.4, 0.5) is 4.79 Å². The quantitative estimate of drug-likeness (QED) is 0.818. The molecule has 0 aliphatic carbocycles. The Labute approximate surface area is 113 Å². The van der Waals surface area contributed by atoms with E-state index in [1.54, 1.807) is 4.90 Å². The van der Waals surface area contributed by atoms with Gasteiger partial charge in [0.2, 0.25) is 5.91 Å². The zero-order valence-electron chi connectivity index (χ0n) is 11.6. The molecule has 0 aromatic rings. The number of carbonyl (C=O) groups excluding carboxylic acids is 2. The van der Waals surface area contributed by atoms with E-state index < -0.39 is 0 Å². The van der Waals surface area contributed by atoms with Crippen molar-refractivity contribution in [2.24, 2.45) is 16.6 Å². The highest BCUT2D eigenvalue weighted by atomic mass is 16.2. The Morgan fingerprint density at radius 2 is 2.05 bits per heavy atom. The molecule has 19 heavy (non-hydrogen) atoms. The average molecular weight is 266 g/mol. The standard InChI is InChI=1S/C13H22N4O2/c1-9(2)8-17-10(12(14)15-13(17)19)7-11(18)16-5-3-4-6-16/h9-10H,3-8H2,1-2H3,(H2,14,15,19). The predicted molar refractivity (Wildman–Crippen MR) is 72.8 cm³/mol. The predicted octanol–water partition coefficient (Wildman–Crippen LogP) is 0.816. The van der Waals surface area contributed by atoms with Gasteiger partial charge in [-0.15, -0.1) is 0 Å². The Morgan fingerprint density at radius 1 is 1.42 bits per heavy atom. The van der Waals surface area contributed by atoms with Crippen molar-refractivity contribution in [1.29, 1.82) is 0 Å². The van der Waals surface area contributed by atoms with Crippen molar-refractivity contribution in [2.75, 3.05) is 19.6 Å². The van der Waals surface area contributed by atoms with Gasteiger partial charge in [0.15, 0.2) is 0 Å². The number of hydrogen-bond acceptors (Lipinski definition) is 3. The number of likely N-dealkylation sites (tertiary alicyclic amines) is 1. The molecule has 1 fully saturated rings. The molecule has 3 amide bonds. The van der Waals surface area contributed by atoms with Crippen LogP contribution in [0.2, 0.25) is 0 Å². The molecule has 2 N–H and O–H groups in total. The number of carbonyl (C=O) groups is 2. The third-order valence-electron chi connectivity index (χ3n) is 3.58. The molecule has 0 aromatic heterocycles. The number of nitrogens with zero attached hydrogens (tertiary/aromatic N) is 3. The number of hydrogen-bond donors (Lipinski definition) is 1. The molecule has 1 atom stereocenters. The molecular formula is C13H22N4O2. The fraction of sp³-hybridized carbons (Fsp3) is 0.769. The second kappa shape index (κ2) is 5.59. The van der Waals surface area contributed by atoms with Crippen molar-refractivity contribution in [3.63, 3.8) is 0 Å². The topological polar surface area (TPSA) is 79.0 Å². The van der Waals surface area contributed by atoms with Crippen molar-refractivity contribution < 1.29 is 9.59 Å². The number of amidine groups is 1. The summed E-state index contributed by atoms with van der Waals surface area (Å²) in [7, 11) is 0. The monoisotopic (exact) mass is 266 g/mol. The second-order valence-electron chi connectivity index (χ2n) is 5.67. The Hall–Kier alpha value is -1.59. The molecule has 2 heterocycles. The highest BCUT2D eigenvalue weighted by Gasteiger charge is 2.36. The summed E-state index contributed by atoms with van der Waals surface area (Å²) in [4.78, 5) is 31.2. The Kier molecular flexibility index (Phi) is 4.07. The third kappa shape index (κ3) is 3.05. The fourth-order valence-electron chi connectivity index (χ4n) is 2.62. The molecule has 6 nitrogen and oxygen atoms in total. The molecule has 0 aromatic carbocycles. The first-order valence-electron chi connectivity index (χ1n) is 6.91. The van der Waals surface area contributed by atoms with Crippen molar-refractivity contribution >= 4 is 17.8 Å². The van der Waals surface area contributed by atoms with E-state index in [1.165, 1.54) is 0 Å². The number of rotatable bonds is 4. The molecule has 6 heteroatoms. The highest BCUT2D eigenvalue weighted by molar-refractivity contribution is 6.04. The van der Waals surface area contributed by atoms with Crippen LogP contribution in [0, 0.1) is 5.92 Å². The van der Waals surface area contributed by atoms with Gasteiger partial charge in [0, 0.05) is 19.6 Å². The first kappa shape index (κ1) is 13.8. The van der Waals surface area contributed by atoms with Gasteiger partial charge in [-0.1, -0.05) is 13.8 Å². The lowest BCUT2D eigenvalue weighted by atomic mass is 10.1.